The minimum absolute atomic E-state index is 0.224. The average molecular weight is 437 g/mol. The van der Waals surface area contributed by atoms with Crippen molar-refractivity contribution in [1.29, 1.82) is 0 Å². The van der Waals surface area contributed by atoms with Crippen molar-refractivity contribution in [1.82, 2.24) is 19.3 Å². The van der Waals surface area contributed by atoms with E-state index in [0.717, 1.165) is 0 Å². The SMILES string of the molecule is CCc1nc(-c2cc(S(=O)(=O)N3CCN(C(=O)c4ccco4)CC3)c(C)s2)no1. The molecule has 1 saturated heterocycles. The molecule has 0 aromatic carbocycles. The number of sulfonamides is 1. The minimum Gasteiger partial charge on any atom is -0.459 e. The van der Waals surface area contributed by atoms with Gasteiger partial charge in [0.15, 0.2) is 5.76 Å². The summed E-state index contributed by atoms with van der Waals surface area (Å²) in [4.78, 5) is 19.8. The molecule has 0 spiro atoms. The lowest BCUT2D eigenvalue weighted by Crippen LogP contribution is -2.50. The van der Waals surface area contributed by atoms with Gasteiger partial charge in [0.05, 0.1) is 16.0 Å². The maximum absolute atomic E-state index is 13.2. The molecular formula is C18H20N4O5S2. The van der Waals surface area contributed by atoms with Gasteiger partial charge in [-0.2, -0.15) is 9.29 Å². The van der Waals surface area contributed by atoms with Gasteiger partial charge in [-0.15, -0.1) is 11.3 Å². The third-order valence-corrected chi connectivity index (χ3v) is 7.94. The van der Waals surface area contributed by atoms with Crippen LogP contribution in [0.15, 0.2) is 38.3 Å². The molecular weight excluding hydrogens is 416 g/mol. The molecule has 3 aromatic heterocycles. The zero-order valence-corrected chi connectivity index (χ0v) is 17.6. The molecule has 11 heteroatoms. The van der Waals surface area contributed by atoms with E-state index in [1.807, 2.05) is 6.92 Å². The van der Waals surface area contributed by atoms with E-state index in [1.165, 1.54) is 21.9 Å². The number of rotatable bonds is 5. The molecule has 4 heterocycles. The highest BCUT2D eigenvalue weighted by Crippen LogP contribution is 2.34. The van der Waals surface area contributed by atoms with Gasteiger partial charge in [0.2, 0.25) is 21.7 Å². The predicted octanol–water partition coefficient (Wildman–Crippen LogP) is 2.41. The van der Waals surface area contributed by atoms with Gasteiger partial charge in [-0.1, -0.05) is 12.1 Å². The van der Waals surface area contributed by atoms with Crippen molar-refractivity contribution < 1.29 is 22.2 Å². The first-order valence-electron chi connectivity index (χ1n) is 9.16. The second kappa shape index (κ2) is 7.73. The van der Waals surface area contributed by atoms with Crippen LogP contribution in [0.5, 0.6) is 0 Å². The van der Waals surface area contributed by atoms with Crippen LogP contribution in [0.4, 0.5) is 0 Å². The number of aryl methyl sites for hydroxylation is 2. The summed E-state index contributed by atoms with van der Waals surface area (Å²) in [6.45, 7) is 4.73. The van der Waals surface area contributed by atoms with Gasteiger partial charge in [-0.3, -0.25) is 4.79 Å². The molecule has 0 saturated carbocycles. The second-order valence-electron chi connectivity index (χ2n) is 6.57. The number of carbonyl (C=O) groups is 1. The van der Waals surface area contributed by atoms with E-state index >= 15 is 0 Å². The van der Waals surface area contributed by atoms with Crippen molar-refractivity contribution in [2.24, 2.45) is 0 Å². The molecule has 0 unspecified atom stereocenters. The van der Waals surface area contributed by atoms with Crippen molar-refractivity contribution in [3.05, 3.63) is 41.0 Å². The molecule has 3 aromatic rings. The third-order valence-electron chi connectivity index (χ3n) is 4.74. The fourth-order valence-electron chi connectivity index (χ4n) is 3.16. The molecule has 29 heavy (non-hydrogen) atoms. The number of carbonyl (C=O) groups excluding carboxylic acids is 1. The maximum Gasteiger partial charge on any atom is 0.289 e. The fraction of sp³-hybridized carbons (Fsp3) is 0.389. The van der Waals surface area contributed by atoms with Crippen molar-refractivity contribution >= 4 is 27.3 Å². The third kappa shape index (κ3) is 3.72. The Morgan fingerprint density at radius 2 is 2.03 bits per heavy atom. The summed E-state index contributed by atoms with van der Waals surface area (Å²) in [5.74, 6) is 0.925. The first-order chi connectivity index (χ1) is 13.9. The van der Waals surface area contributed by atoms with Crippen LogP contribution in [0.2, 0.25) is 0 Å². The second-order valence-corrected chi connectivity index (χ2v) is 9.73. The average Bonchev–Trinajstić information content (AvgIpc) is 3.47. The Morgan fingerprint density at radius 3 is 2.66 bits per heavy atom. The van der Waals surface area contributed by atoms with Crippen LogP contribution in [0.3, 0.4) is 0 Å². The van der Waals surface area contributed by atoms with Gasteiger partial charge in [-0.25, -0.2) is 8.42 Å². The molecule has 4 rings (SSSR count). The molecule has 1 aliphatic heterocycles. The van der Waals surface area contributed by atoms with Gasteiger partial charge >= 0.3 is 0 Å². The topological polar surface area (TPSA) is 110 Å². The number of amides is 1. The molecule has 1 amide bonds. The van der Waals surface area contributed by atoms with Crippen LogP contribution >= 0.6 is 11.3 Å². The zero-order valence-electron chi connectivity index (χ0n) is 16.0. The Hall–Kier alpha value is -2.50. The Bertz CT molecular complexity index is 1110. The summed E-state index contributed by atoms with van der Waals surface area (Å²) in [6.07, 6.45) is 2.06. The van der Waals surface area contributed by atoms with E-state index in [0.29, 0.717) is 41.0 Å². The largest absolute Gasteiger partial charge is 0.459 e. The van der Waals surface area contributed by atoms with Gasteiger partial charge < -0.3 is 13.8 Å². The highest BCUT2D eigenvalue weighted by Gasteiger charge is 2.33. The van der Waals surface area contributed by atoms with E-state index in [2.05, 4.69) is 10.1 Å². The van der Waals surface area contributed by atoms with Crippen molar-refractivity contribution in [2.75, 3.05) is 26.2 Å². The molecule has 154 valence electrons. The number of aromatic nitrogens is 2. The molecule has 1 fully saturated rings. The Kier molecular flexibility index (Phi) is 5.28. The van der Waals surface area contributed by atoms with Crippen molar-refractivity contribution in [2.45, 2.75) is 25.2 Å². The number of thiophene rings is 1. The van der Waals surface area contributed by atoms with Crippen LogP contribution in [0, 0.1) is 6.92 Å². The van der Waals surface area contributed by atoms with Gasteiger partial charge in [0, 0.05) is 37.5 Å². The van der Waals surface area contributed by atoms with Gasteiger partial charge in [-0.05, 0) is 25.1 Å². The Morgan fingerprint density at radius 1 is 1.28 bits per heavy atom. The summed E-state index contributed by atoms with van der Waals surface area (Å²) < 4.78 is 38.0. The molecule has 0 atom stereocenters. The predicted molar refractivity (Wildman–Crippen MR) is 105 cm³/mol. The van der Waals surface area contributed by atoms with Gasteiger partial charge in [0.25, 0.3) is 5.91 Å². The molecule has 0 bridgehead atoms. The number of hydrogen-bond acceptors (Lipinski definition) is 8. The van der Waals surface area contributed by atoms with Crippen LogP contribution in [-0.4, -0.2) is 59.8 Å². The molecule has 1 aliphatic rings. The molecule has 0 radical (unpaired) electrons. The first-order valence-corrected chi connectivity index (χ1v) is 11.4. The number of furan rings is 1. The summed E-state index contributed by atoms with van der Waals surface area (Å²) in [5, 5.41) is 3.92. The fourth-order valence-corrected chi connectivity index (χ4v) is 6.07. The molecule has 0 aliphatic carbocycles. The van der Waals surface area contributed by atoms with E-state index < -0.39 is 10.0 Å². The lowest BCUT2D eigenvalue weighted by molar-refractivity contribution is 0.0666. The monoisotopic (exact) mass is 436 g/mol. The Labute approximate surface area is 172 Å². The highest BCUT2D eigenvalue weighted by molar-refractivity contribution is 7.89. The van der Waals surface area contributed by atoms with Crippen molar-refractivity contribution in [3.8, 4) is 10.7 Å². The normalized spacial score (nSPS) is 15.7. The van der Waals surface area contributed by atoms with Crippen LogP contribution in [0.25, 0.3) is 10.7 Å². The maximum atomic E-state index is 13.2. The number of piperazine rings is 1. The number of nitrogens with zero attached hydrogens (tertiary/aromatic N) is 4. The van der Waals surface area contributed by atoms with E-state index in [9.17, 15) is 13.2 Å². The van der Waals surface area contributed by atoms with Gasteiger partial charge in [0.1, 0.15) is 0 Å². The smallest absolute Gasteiger partial charge is 0.289 e. The highest BCUT2D eigenvalue weighted by atomic mass is 32.2. The Balaban J connectivity index is 1.50. The zero-order chi connectivity index (χ0) is 20.6. The molecule has 0 N–H and O–H groups in total. The summed E-state index contributed by atoms with van der Waals surface area (Å²) >= 11 is 1.32. The lowest BCUT2D eigenvalue weighted by Gasteiger charge is -2.33. The quantitative estimate of drug-likeness (QED) is 0.604. The summed E-state index contributed by atoms with van der Waals surface area (Å²) in [6, 6.07) is 4.85. The lowest BCUT2D eigenvalue weighted by atomic mass is 10.3. The summed E-state index contributed by atoms with van der Waals surface area (Å²) in [5.41, 5.74) is 0. The van der Waals surface area contributed by atoms with E-state index in [4.69, 9.17) is 8.94 Å². The molecule has 9 nitrogen and oxygen atoms in total. The van der Waals surface area contributed by atoms with Crippen LogP contribution < -0.4 is 0 Å². The van der Waals surface area contributed by atoms with Crippen LogP contribution in [0.1, 0.15) is 28.2 Å². The van der Waals surface area contributed by atoms with Crippen LogP contribution in [-0.2, 0) is 16.4 Å². The standard InChI is InChI=1S/C18H20N4O5S2/c1-3-16-19-17(20-27-16)14-11-15(12(2)28-14)29(24,25)22-8-6-21(7-9-22)18(23)13-5-4-10-26-13/h4-5,10-11H,3,6-9H2,1-2H3. The summed E-state index contributed by atoms with van der Waals surface area (Å²) in [7, 11) is -3.69. The number of hydrogen-bond donors (Lipinski definition) is 0. The van der Waals surface area contributed by atoms with E-state index in [1.54, 1.807) is 30.0 Å². The van der Waals surface area contributed by atoms with Crippen molar-refractivity contribution in [3.63, 3.8) is 0 Å². The first kappa shape index (κ1) is 19.8. The minimum atomic E-state index is -3.69. The van der Waals surface area contributed by atoms with E-state index in [-0.39, 0.29) is 29.7 Å².